The number of aliphatic carboxylic acids is 1. The average molecular weight is 227 g/mol. The number of aryl methyl sites for hydroxylation is 1. The summed E-state index contributed by atoms with van der Waals surface area (Å²) < 4.78 is 0. The number of phenolic OH excluding ortho intramolecular Hbond substituents is 1. The molecule has 1 fully saturated rings. The van der Waals surface area contributed by atoms with Crippen molar-refractivity contribution in [2.75, 3.05) is 0 Å². The molecule has 0 saturated heterocycles. The predicted molar refractivity (Wildman–Crippen MR) is 56.4 cm³/mol. The summed E-state index contributed by atoms with van der Waals surface area (Å²) >= 11 is 5.86. The summed E-state index contributed by atoms with van der Waals surface area (Å²) in [5.41, 5.74) is 0.157. The number of aromatic hydroxyl groups is 1. The van der Waals surface area contributed by atoms with Gasteiger partial charge in [-0.3, -0.25) is 4.79 Å². The Bertz CT molecular complexity index is 436. The molecule has 0 bridgehead atoms. The molecule has 15 heavy (non-hydrogen) atoms. The van der Waals surface area contributed by atoms with Crippen molar-refractivity contribution >= 4 is 17.6 Å². The van der Waals surface area contributed by atoms with E-state index in [4.69, 9.17) is 16.7 Å². The van der Waals surface area contributed by atoms with Crippen molar-refractivity contribution in [1.82, 2.24) is 0 Å². The van der Waals surface area contributed by atoms with Gasteiger partial charge in [-0.2, -0.15) is 0 Å². The molecule has 1 aliphatic rings. The van der Waals surface area contributed by atoms with Crippen molar-refractivity contribution in [1.29, 1.82) is 0 Å². The zero-order chi connectivity index (χ0) is 11.2. The molecule has 0 amide bonds. The lowest BCUT2D eigenvalue weighted by Gasteiger charge is -2.14. The monoisotopic (exact) mass is 226 g/mol. The van der Waals surface area contributed by atoms with Crippen molar-refractivity contribution in [3.8, 4) is 5.75 Å². The maximum absolute atomic E-state index is 11.1. The first-order valence-corrected chi connectivity index (χ1v) is 5.08. The van der Waals surface area contributed by atoms with Crippen LogP contribution in [0.5, 0.6) is 5.75 Å². The van der Waals surface area contributed by atoms with Crippen LogP contribution in [-0.2, 0) is 10.2 Å². The van der Waals surface area contributed by atoms with Crippen molar-refractivity contribution in [2.45, 2.75) is 25.2 Å². The fraction of sp³-hybridized carbons (Fsp3) is 0.364. The van der Waals surface area contributed by atoms with E-state index < -0.39 is 11.4 Å². The Morgan fingerprint density at radius 2 is 2.07 bits per heavy atom. The Hall–Kier alpha value is -1.22. The van der Waals surface area contributed by atoms with Crippen LogP contribution in [0.4, 0.5) is 0 Å². The molecule has 1 saturated carbocycles. The number of phenols is 1. The van der Waals surface area contributed by atoms with E-state index >= 15 is 0 Å². The Labute approximate surface area is 92.3 Å². The highest BCUT2D eigenvalue weighted by Gasteiger charge is 2.53. The number of benzene rings is 1. The van der Waals surface area contributed by atoms with E-state index in [2.05, 4.69) is 0 Å². The lowest BCUT2D eigenvalue weighted by atomic mass is 9.93. The number of hydrogen-bond acceptors (Lipinski definition) is 2. The smallest absolute Gasteiger partial charge is 0.314 e. The van der Waals surface area contributed by atoms with Crippen LogP contribution in [0, 0.1) is 6.92 Å². The SMILES string of the molecule is Cc1cc(Cl)cc(C2(C(=O)O)CC2)c1O. The molecule has 4 heteroatoms. The van der Waals surface area contributed by atoms with Crippen molar-refractivity contribution in [3.05, 3.63) is 28.3 Å². The van der Waals surface area contributed by atoms with Gasteiger partial charge in [0.15, 0.2) is 0 Å². The predicted octanol–water partition coefficient (Wildman–Crippen LogP) is 2.47. The molecule has 0 aliphatic heterocycles. The summed E-state index contributed by atoms with van der Waals surface area (Å²) in [7, 11) is 0. The highest BCUT2D eigenvalue weighted by atomic mass is 35.5. The minimum absolute atomic E-state index is 0.0549. The van der Waals surface area contributed by atoms with Gasteiger partial charge in [0.1, 0.15) is 5.75 Å². The molecule has 2 N–H and O–H groups in total. The van der Waals surface area contributed by atoms with Gasteiger partial charge in [0.2, 0.25) is 0 Å². The summed E-state index contributed by atoms with van der Waals surface area (Å²) in [6, 6.07) is 3.17. The zero-order valence-corrected chi connectivity index (χ0v) is 9.01. The summed E-state index contributed by atoms with van der Waals surface area (Å²) in [4.78, 5) is 11.1. The second-order valence-electron chi connectivity index (χ2n) is 4.01. The molecule has 0 unspecified atom stereocenters. The number of carboxylic acid groups (broad SMARTS) is 1. The van der Waals surface area contributed by atoms with E-state index in [0.717, 1.165) is 0 Å². The summed E-state index contributed by atoms with van der Waals surface area (Å²) in [6.45, 7) is 1.71. The molecule has 1 aromatic rings. The molecule has 1 aliphatic carbocycles. The van der Waals surface area contributed by atoms with Gasteiger partial charge in [0.05, 0.1) is 5.41 Å². The van der Waals surface area contributed by atoms with Gasteiger partial charge in [0, 0.05) is 10.6 Å². The fourth-order valence-electron chi connectivity index (χ4n) is 1.82. The van der Waals surface area contributed by atoms with Crippen molar-refractivity contribution in [2.24, 2.45) is 0 Å². The topological polar surface area (TPSA) is 57.5 Å². The van der Waals surface area contributed by atoms with Crippen LogP contribution in [0.3, 0.4) is 0 Å². The lowest BCUT2D eigenvalue weighted by Crippen LogP contribution is -2.19. The molecular formula is C11H11ClO3. The molecule has 2 rings (SSSR count). The van der Waals surface area contributed by atoms with Gasteiger partial charge in [0.25, 0.3) is 0 Å². The number of carboxylic acids is 1. The molecule has 1 aromatic carbocycles. The van der Waals surface area contributed by atoms with Crippen LogP contribution in [0.15, 0.2) is 12.1 Å². The van der Waals surface area contributed by atoms with E-state index in [1.807, 2.05) is 0 Å². The number of carbonyl (C=O) groups is 1. The third-order valence-electron chi connectivity index (χ3n) is 2.94. The first-order chi connectivity index (χ1) is 6.97. The van der Waals surface area contributed by atoms with E-state index in [9.17, 15) is 9.90 Å². The molecule has 0 atom stereocenters. The first-order valence-electron chi connectivity index (χ1n) is 4.70. The first kappa shape index (κ1) is 10.3. The molecule has 0 radical (unpaired) electrons. The van der Waals surface area contributed by atoms with Crippen LogP contribution >= 0.6 is 11.6 Å². The molecule has 3 nitrogen and oxygen atoms in total. The molecule has 0 heterocycles. The van der Waals surface area contributed by atoms with Gasteiger partial charge >= 0.3 is 5.97 Å². The van der Waals surface area contributed by atoms with Crippen LogP contribution in [0.25, 0.3) is 0 Å². The third kappa shape index (κ3) is 1.47. The van der Waals surface area contributed by atoms with Gasteiger partial charge in [-0.25, -0.2) is 0 Å². The summed E-state index contributed by atoms with van der Waals surface area (Å²) in [5, 5.41) is 19.4. The second kappa shape index (κ2) is 3.14. The average Bonchev–Trinajstić information content (AvgIpc) is 2.91. The summed E-state index contributed by atoms with van der Waals surface area (Å²) in [5.74, 6) is -0.834. The van der Waals surface area contributed by atoms with Gasteiger partial charge in [-0.1, -0.05) is 11.6 Å². The molecule has 0 aromatic heterocycles. The normalized spacial score (nSPS) is 17.5. The number of hydrogen-bond donors (Lipinski definition) is 2. The highest BCUT2D eigenvalue weighted by molar-refractivity contribution is 6.30. The van der Waals surface area contributed by atoms with E-state index in [1.165, 1.54) is 0 Å². The van der Waals surface area contributed by atoms with Gasteiger partial charge < -0.3 is 10.2 Å². The maximum atomic E-state index is 11.1. The van der Waals surface area contributed by atoms with E-state index in [1.54, 1.807) is 19.1 Å². The van der Waals surface area contributed by atoms with Crippen LogP contribution in [0.1, 0.15) is 24.0 Å². The van der Waals surface area contributed by atoms with Crippen LogP contribution in [0.2, 0.25) is 5.02 Å². The van der Waals surface area contributed by atoms with E-state index in [0.29, 0.717) is 29.0 Å². The molecule has 80 valence electrons. The minimum atomic E-state index is -0.903. The third-order valence-corrected chi connectivity index (χ3v) is 3.16. The Kier molecular flexibility index (Phi) is 2.15. The van der Waals surface area contributed by atoms with E-state index in [-0.39, 0.29) is 5.75 Å². The largest absolute Gasteiger partial charge is 0.507 e. The molecular weight excluding hydrogens is 216 g/mol. The Morgan fingerprint density at radius 3 is 2.53 bits per heavy atom. The number of rotatable bonds is 2. The fourth-order valence-corrected chi connectivity index (χ4v) is 2.10. The highest BCUT2D eigenvalue weighted by Crippen LogP contribution is 2.52. The van der Waals surface area contributed by atoms with Crippen LogP contribution < -0.4 is 0 Å². The Morgan fingerprint density at radius 1 is 1.47 bits per heavy atom. The van der Waals surface area contributed by atoms with Crippen molar-refractivity contribution in [3.63, 3.8) is 0 Å². The standard InChI is InChI=1S/C11H11ClO3/c1-6-4-7(12)5-8(9(6)13)11(2-3-11)10(14)15/h4-5,13H,2-3H2,1H3,(H,14,15). The Balaban J connectivity index is 2.58. The van der Waals surface area contributed by atoms with Crippen molar-refractivity contribution < 1.29 is 15.0 Å². The molecule has 0 spiro atoms. The minimum Gasteiger partial charge on any atom is -0.507 e. The quantitative estimate of drug-likeness (QED) is 0.815. The zero-order valence-electron chi connectivity index (χ0n) is 8.25. The lowest BCUT2D eigenvalue weighted by molar-refractivity contribution is -0.140. The summed E-state index contributed by atoms with van der Waals surface area (Å²) in [6.07, 6.45) is 1.13. The second-order valence-corrected chi connectivity index (χ2v) is 4.44. The van der Waals surface area contributed by atoms with Gasteiger partial charge in [-0.15, -0.1) is 0 Å². The van der Waals surface area contributed by atoms with Gasteiger partial charge in [-0.05, 0) is 37.5 Å². The maximum Gasteiger partial charge on any atom is 0.314 e. The number of halogens is 1. The van der Waals surface area contributed by atoms with Crippen LogP contribution in [-0.4, -0.2) is 16.2 Å².